The van der Waals surface area contributed by atoms with E-state index in [0.717, 1.165) is 10.2 Å². The number of aromatic nitrogens is 5. The molecule has 0 aliphatic carbocycles. The number of carbonyl (C=O) groups excluding carboxylic acids is 1. The Morgan fingerprint density at radius 2 is 1.88 bits per heavy atom. The topological polar surface area (TPSA) is 106 Å². The maximum atomic E-state index is 12.4. The monoisotopic (exact) mass is 364 g/mol. The minimum atomic E-state index is -4.71. The van der Waals surface area contributed by atoms with Gasteiger partial charge in [-0.15, -0.1) is 5.10 Å². The Labute approximate surface area is 143 Å². The van der Waals surface area contributed by atoms with Crippen molar-refractivity contribution >= 4 is 11.9 Å². The van der Waals surface area contributed by atoms with Crippen LogP contribution in [0.15, 0.2) is 47.3 Å². The molecule has 0 unspecified atom stereocenters. The normalized spacial score (nSPS) is 11.3. The summed E-state index contributed by atoms with van der Waals surface area (Å²) in [6, 6.07) is 11.7. The van der Waals surface area contributed by atoms with Crippen LogP contribution >= 0.6 is 0 Å². The van der Waals surface area contributed by atoms with Crippen LogP contribution in [0.5, 0.6) is 0 Å². The van der Waals surface area contributed by atoms with Gasteiger partial charge in [0, 0.05) is 11.6 Å². The summed E-state index contributed by atoms with van der Waals surface area (Å²) in [6.45, 7) is -0.505. The van der Waals surface area contributed by atoms with Crippen molar-refractivity contribution in [2.24, 2.45) is 0 Å². The highest BCUT2D eigenvalue weighted by Crippen LogP contribution is 2.26. The summed E-state index contributed by atoms with van der Waals surface area (Å²) in [6.07, 6.45) is -4.71. The van der Waals surface area contributed by atoms with Crippen molar-refractivity contribution < 1.29 is 18.0 Å². The number of hydrogen-bond acceptors (Lipinski definition) is 5. The molecule has 8 nitrogen and oxygen atoms in total. The number of carbonyl (C=O) groups is 1. The molecule has 11 heteroatoms. The third-order valence-electron chi connectivity index (χ3n) is 3.23. The van der Waals surface area contributed by atoms with Gasteiger partial charge in [-0.1, -0.05) is 30.3 Å². The highest BCUT2D eigenvalue weighted by atomic mass is 19.4. The second-order valence-electron chi connectivity index (χ2n) is 5.13. The van der Waals surface area contributed by atoms with Crippen LogP contribution in [0.4, 0.5) is 19.1 Å². The Bertz CT molecular complexity index is 981. The van der Waals surface area contributed by atoms with Crippen molar-refractivity contribution in [3.63, 3.8) is 0 Å². The second-order valence-corrected chi connectivity index (χ2v) is 5.13. The lowest BCUT2D eigenvalue weighted by molar-refractivity contribution is -0.144. The van der Waals surface area contributed by atoms with Gasteiger partial charge in [-0.05, 0) is 6.07 Å². The molecule has 2 N–H and O–H groups in total. The molecule has 0 fully saturated rings. The van der Waals surface area contributed by atoms with E-state index in [1.165, 1.54) is 12.1 Å². The minimum absolute atomic E-state index is 0.468. The fourth-order valence-corrected chi connectivity index (χ4v) is 2.07. The summed E-state index contributed by atoms with van der Waals surface area (Å²) in [5.74, 6) is -2.68. The van der Waals surface area contributed by atoms with Crippen molar-refractivity contribution in [2.45, 2.75) is 12.7 Å². The molecule has 134 valence electrons. The SMILES string of the molecule is O=C(Cn1nc(-c2ccccc2)ccc1=O)Nc1n[nH]c(C(F)(F)F)n1. The molecule has 0 saturated heterocycles. The zero-order chi connectivity index (χ0) is 18.7. The molecular formula is C15H11F3N6O2. The number of nitrogens with one attached hydrogen (secondary N) is 2. The average molecular weight is 364 g/mol. The van der Waals surface area contributed by atoms with E-state index in [2.05, 4.69) is 20.5 Å². The minimum Gasteiger partial charge on any atom is -0.292 e. The average Bonchev–Trinajstić information content (AvgIpc) is 3.06. The number of H-pyrrole nitrogens is 1. The Balaban J connectivity index is 1.75. The predicted octanol–water partition coefficient (Wildman–Crippen LogP) is 1.69. The van der Waals surface area contributed by atoms with E-state index in [9.17, 15) is 22.8 Å². The maximum absolute atomic E-state index is 12.4. The summed E-state index contributed by atoms with van der Waals surface area (Å²) in [7, 11) is 0. The fraction of sp³-hybridized carbons (Fsp3) is 0.133. The van der Waals surface area contributed by atoms with Crippen molar-refractivity contribution in [2.75, 3.05) is 5.32 Å². The lowest BCUT2D eigenvalue weighted by Crippen LogP contribution is -2.29. The summed E-state index contributed by atoms with van der Waals surface area (Å²) in [4.78, 5) is 26.9. The highest BCUT2D eigenvalue weighted by Gasteiger charge is 2.35. The van der Waals surface area contributed by atoms with Gasteiger partial charge in [0.1, 0.15) is 6.54 Å². The lowest BCUT2D eigenvalue weighted by atomic mass is 10.1. The first kappa shape index (κ1) is 17.3. The molecule has 0 bridgehead atoms. The van der Waals surface area contributed by atoms with E-state index in [4.69, 9.17) is 0 Å². The first-order valence-corrected chi connectivity index (χ1v) is 7.26. The molecule has 0 spiro atoms. The third kappa shape index (κ3) is 3.94. The molecule has 2 aromatic heterocycles. The van der Waals surface area contributed by atoms with Gasteiger partial charge in [0.2, 0.25) is 17.7 Å². The number of hydrogen-bond donors (Lipinski definition) is 2. The van der Waals surface area contributed by atoms with E-state index in [1.54, 1.807) is 29.4 Å². The maximum Gasteiger partial charge on any atom is 0.451 e. The number of nitrogens with zero attached hydrogens (tertiary/aromatic N) is 4. The summed E-state index contributed by atoms with van der Waals surface area (Å²) < 4.78 is 38.2. The van der Waals surface area contributed by atoms with Crippen LogP contribution in [0.2, 0.25) is 0 Å². The summed E-state index contributed by atoms with van der Waals surface area (Å²) in [5, 5.41) is 11.1. The number of halogens is 3. The predicted molar refractivity (Wildman–Crippen MR) is 83.9 cm³/mol. The molecule has 1 amide bonds. The largest absolute Gasteiger partial charge is 0.451 e. The summed E-state index contributed by atoms with van der Waals surface area (Å²) >= 11 is 0. The van der Waals surface area contributed by atoms with E-state index < -0.39 is 36.0 Å². The van der Waals surface area contributed by atoms with Gasteiger partial charge in [0.05, 0.1) is 5.69 Å². The molecule has 0 aliphatic heterocycles. The van der Waals surface area contributed by atoms with E-state index in [1.807, 2.05) is 6.07 Å². The Morgan fingerprint density at radius 1 is 1.15 bits per heavy atom. The van der Waals surface area contributed by atoms with Crippen LogP contribution in [0.1, 0.15) is 5.82 Å². The zero-order valence-electron chi connectivity index (χ0n) is 13.0. The number of anilines is 1. The van der Waals surface area contributed by atoms with Crippen molar-refractivity contribution in [3.8, 4) is 11.3 Å². The lowest BCUT2D eigenvalue weighted by Gasteiger charge is -2.06. The van der Waals surface area contributed by atoms with E-state index in [0.29, 0.717) is 5.69 Å². The molecule has 0 atom stereocenters. The van der Waals surface area contributed by atoms with Gasteiger partial charge < -0.3 is 0 Å². The van der Waals surface area contributed by atoms with Gasteiger partial charge in [-0.2, -0.15) is 23.3 Å². The van der Waals surface area contributed by atoms with Crippen LogP contribution in [0, 0.1) is 0 Å². The smallest absolute Gasteiger partial charge is 0.292 e. The molecule has 0 aliphatic rings. The van der Waals surface area contributed by atoms with E-state index >= 15 is 0 Å². The zero-order valence-corrected chi connectivity index (χ0v) is 13.0. The van der Waals surface area contributed by atoms with E-state index in [-0.39, 0.29) is 0 Å². The Hall–Kier alpha value is -3.50. The molecule has 0 saturated carbocycles. The standard InChI is InChI=1S/C15H11F3N6O2/c16-15(17,18)13-20-14(22-21-13)19-11(25)8-24-12(26)7-6-10(23-24)9-4-2-1-3-5-9/h1-7H,8H2,(H2,19,20,21,22,25). The number of rotatable bonds is 4. The first-order valence-electron chi connectivity index (χ1n) is 7.26. The highest BCUT2D eigenvalue weighted by molar-refractivity contribution is 5.88. The van der Waals surface area contributed by atoms with Gasteiger partial charge in [-0.3, -0.25) is 20.0 Å². The summed E-state index contributed by atoms with van der Waals surface area (Å²) in [5.41, 5.74) is 0.673. The van der Waals surface area contributed by atoms with Crippen LogP contribution in [-0.2, 0) is 17.5 Å². The number of amides is 1. The number of alkyl halides is 3. The van der Waals surface area contributed by atoms with Crippen molar-refractivity contribution in [1.29, 1.82) is 0 Å². The molecule has 0 radical (unpaired) electrons. The molecule has 3 rings (SSSR count). The van der Waals surface area contributed by atoms with Gasteiger partial charge >= 0.3 is 6.18 Å². The van der Waals surface area contributed by atoms with Crippen molar-refractivity contribution in [3.05, 3.63) is 58.6 Å². The number of benzene rings is 1. The van der Waals surface area contributed by atoms with Gasteiger partial charge in [0.25, 0.3) is 5.56 Å². The van der Waals surface area contributed by atoms with Gasteiger partial charge in [0.15, 0.2) is 0 Å². The Morgan fingerprint density at radius 3 is 2.54 bits per heavy atom. The molecule has 2 heterocycles. The van der Waals surface area contributed by atoms with Crippen molar-refractivity contribution in [1.82, 2.24) is 25.0 Å². The van der Waals surface area contributed by atoms with Crippen LogP contribution in [0.25, 0.3) is 11.3 Å². The first-order chi connectivity index (χ1) is 12.3. The molecule has 1 aromatic carbocycles. The Kier molecular flexibility index (Phi) is 4.52. The molecular weight excluding hydrogens is 353 g/mol. The number of aromatic amines is 1. The van der Waals surface area contributed by atoms with Gasteiger partial charge in [-0.25, -0.2) is 4.68 Å². The van der Waals surface area contributed by atoms with Crippen LogP contribution in [-0.4, -0.2) is 30.9 Å². The third-order valence-corrected chi connectivity index (χ3v) is 3.23. The van der Waals surface area contributed by atoms with Crippen LogP contribution < -0.4 is 10.9 Å². The fourth-order valence-electron chi connectivity index (χ4n) is 2.07. The molecule has 3 aromatic rings. The second kappa shape index (κ2) is 6.78. The van der Waals surface area contributed by atoms with Crippen LogP contribution in [0.3, 0.4) is 0 Å². The molecule has 26 heavy (non-hydrogen) atoms. The quantitative estimate of drug-likeness (QED) is 0.733.